The third-order valence-corrected chi connectivity index (χ3v) is 2.81. The molecule has 1 N–H and O–H groups in total. The molecule has 0 saturated heterocycles. The van der Waals surface area contributed by atoms with E-state index in [9.17, 15) is 0 Å². The van der Waals surface area contributed by atoms with Gasteiger partial charge in [-0.15, -0.1) is 0 Å². The third-order valence-electron chi connectivity index (χ3n) is 2.81. The van der Waals surface area contributed by atoms with E-state index in [0.29, 0.717) is 19.1 Å². The summed E-state index contributed by atoms with van der Waals surface area (Å²) in [5.74, 6) is 2.94. The largest absolute Gasteiger partial charge is 0.491 e. The standard InChI is InChI=1S/C12H15NO3/c1-8-6-13-9-4-11-12(15-3-2-14-11)5-10(9)16-7-8/h4-5,8,13H,2-3,6-7H2,1H3. The number of fused-ring (bicyclic) bond motifs is 2. The van der Waals surface area contributed by atoms with Gasteiger partial charge in [0.25, 0.3) is 0 Å². The van der Waals surface area contributed by atoms with Crippen LogP contribution in [0.4, 0.5) is 5.69 Å². The molecule has 2 heterocycles. The number of nitrogens with one attached hydrogen (secondary N) is 1. The Balaban J connectivity index is 1.97. The van der Waals surface area contributed by atoms with Crippen LogP contribution in [0.5, 0.6) is 17.2 Å². The van der Waals surface area contributed by atoms with Crippen LogP contribution >= 0.6 is 0 Å². The number of benzene rings is 1. The Morgan fingerprint density at radius 2 is 1.81 bits per heavy atom. The quantitative estimate of drug-likeness (QED) is 0.726. The molecule has 86 valence electrons. The summed E-state index contributed by atoms with van der Waals surface area (Å²) in [5.41, 5.74) is 0.994. The fourth-order valence-corrected chi connectivity index (χ4v) is 1.90. The molecule has 0 spiro atoms. The molecule has 16 heavy (non-hydrogen) atoms. The maximum absolute atomic E-state index is 5.73. The van der Waals surface area contributed by atoms with Gasteiger partial charge in [-0.1, -0.05) is 6.92 Å². The van der Waals surface area contributed by atoms with Crippen molar-refractivity contribution in [1.29, 1.82) is 0 Å². The van der Waals surface area contributed by atoms with Crippen molar-refractivity contribution >= 4 is 5.69 Å². The second-order valence-electron chi connectivity index (χ2n) is 4.29. The van der Waals surface area contributed by atoms with Gasteiger partial charge in [-0.05, 0) is 0 Å². The van der Waals surface area contributed by atoms with Gasteiger partial charge in [0.1, 0.15) is 19.0 Å². The van der Waals surface area contributed by atoms with Gasteiger partial charge in [-0.25, -0.2) is 0 Å². The van der Waals surface area contributed by atoms with Crippen molar-refractivity contribution in [1.82, 2.24) is 0 Å². The van der Waals surface area contributed by atoms with Crippen LogP contribution in [-0.2, 0) is 0 Å². The second kappa shape index (κ2) is 3.77. The predicted molar refractivity (Wildman–Crippen MR) is 60.6 cm³/mol. The Kier molecular flexibility index (Phi) is 2.27. The number of anilines is 1. The topological polar surface area (TPSA) is 39.7 Å². The van der Waals surface area contributed by atoms with Crippen molar-refractivity contribution in [3.05, 3.63) is 12.1 Å². The van der Waals surface area contributed by atoms with E-state index in [1.54, 1.807) is 0 Å². The van der Waals surface area contributed by atoms with Gasteiger partial charge in [0, 0.05) is 24.6 Å². The minimum absolute atomic E-state index is 0.506. The predicted octanol–water partition coefficient (Wildman–Crippen LogP) is 1.90. The zero-order valence-electron chi connectivity index (χ0n) is 9.29. The van der Waals surface area contributed by atoms with Crippen molar-refractivity contribution in [3.63, 3.8) is 0 Å². The molecule has 1 aromatic rings. The van der Waals surface area contributed by atoms with Crippen LogP contribution in [0.1, 0.15) is 6.92 Å². The highest BCUT2D eigenvalue weighted by atomic mass is 16.6. The number of hydrogen-bond acceptors (Lipinski definition) is 4. The summed E-state index contributed by atoms with van der Waals surface area (Å²) < 4.78 is 16.8. The monoisotopic (exact) mass is 221 g/mol. The normalized spacial score (nSPS) is 22.4. The van der Waals surface area contributed by atoms with Crippen molar-refractivity contribution in [2.45, 2.75) is 6.92 Å². The molecule has 0 aromatic heterocycles. The summed E-state index contributed by atoms with van der Waals surface area (Å²) >= 11 is 0. The van der Waals surface area contributed by atoms with Crippen LogP contribution in [0.2, 0.25) is 0 Å². The molecule has 4 heteroatoms. The molecule has 0 bridgehead atoms. The highest BCUT2D eigenvalue weighted by Gasteiger charge is 2.19. The number of hydrogen-bond donors (Lipinski definition) is 1. The molecule has 1 unspecified atom stereocenters. The first-order valence-electron chi connectivity index (χ1n) is 5.63. The molecule has 0 amide bonds. The van der Waals surface area contributed by atoms with E-state index in [2.05, 4.69) is 12.2 Å². The maximum atomic E-state index is 5.73. The lowest BCUT2D eigenvalue weighted by Gasteiger charge is -2.20. The summed E-state index contributed by atoms with van der Waals surface area (Å²) in [5, 5.41) is 3.36. The Bertz CT molecular complexity index is 368. The van der Waals surface area contributed by atoms with Crippen molar-refractivity contribution in [3.8, 4) is 17.2 Å². The van der Waals surface area contributed by atoms with Crippen LogP contribution in [0, 0.1) is 5.92 Å². The first kappa shape index (κ1) is 9.63. The van der Waals surface area contributed by atoms with E-state index >= 15 is 0 Å². The van der Waals surface area contributed by atoms with Gasteiger partial charge in [0.2, 0.25) is 0 Å². The Labute approximate surface area is 94.5 Å². The average Bonchev–Trinajstić information content (AvgIpc) is 2.49. The van der Waals surface area contributed by atoms with E-state index in [0.717, 1.165) is 36.1 Å². The molecular formula is C12H15NO3. The van der Waals surface area contributed by atoms with Gasteiger partial charge in [-0.3, -0.25) is 0 Å². The molecule has 1 atom stereocenters. The third kappa shape index (κ3) is 1.64. The molecule has 2 aliphatic heterocycles. The highest BCUT2D eigenvalue weighted by molar-refractivity contribution is 5.65. The van der Waals surface area contributed by atoms with Crippen LogP contribution in [0.3, 0.4) is 0 Å². The van der Waals surface area contributed by atoms with Gasteiger partial charge in [-0.2, -0.15) is 0 Å². The Morgan fingerprint density at radius 1 is 1.06 bits per heavy atom. The molecule has 0 radical (unpaired) electrons. The summed E-state index contributed by atoms with van der Waals surface area (Å²) in [4.78, 5) is 0. The minimum Gasteiger partial charge on any atom is -0.491 e. The lowest BCUT2D eigenvalue weighted by Crippen LogP contribution is -2.15. The molecule has 2 aliphatic rings. The second-order valence-corrected chi connectivity index (χ2v) is 4.29. The zero-order valence-corrected chi connectivity index (χ0v) is 9.29. The smallest absolute Gasteiger partial charge is 0.165 e. The molecular weight excluding hydrogens is 206 g/mol. The lowest BCUT2D eigenvalue weighted by atomic mass is 10.2. The van der Waals surface area contributed by atoms with E-state index in [-0.39, 0.29) is 0 Å². The fourth-order valence-electron chi connectivity index (χ4n) is 1.90. The fraction of sp³-hybridized carbons (Fsp3) is 0.500. The van der Waals surface area contributed by atoms with Crippen molar-refractivity contribution in [2.75, 3.05) is 31.7 Å². The van der Waals surface area contributed by atoms with Gasteiger partial charge in [0.15, 0.2) is 11.5 Å². The van der Waals surface area contributed by atoms with Crippen LogP contribution in [-0.4, -0.2) is 26.4 Å². The summed E-state index contributed by atoms with van der Waals surface area (Å²) in [6.45, 7) is 5.04. The maximum Gasteiger partial charge on any atom is 0.165 e. The van der Waals surface area contributed by atoms with Crippen LogP contribution in [0.25, 0.3) is 0 Å². The van der Waals surface area contributed by atoms with Gasteiger partial charge >= 0.3 is 0 Å². The lowest BCUT2D eigenvalue weighted by molar-refractivity contribution is 0.170. The SMILES string of the molecule is CC1CNc2cc3c(cc2OC1)OCCO3. The van der Waals surface area contributed by atoms with E-state index in [4.69, 9.17) is 14.2 Å². The molecule has 0 aliphatic carbocycles. The van der Waals surface area contributed by atoms with Crippen LogP contribution < -0.4 is 19.5 Å². The first-order valence-corrected chi connectivity index (χ1v) is 5.63. The summed E-state index contributed by atoms with van der Waals surface area (Å²) in [6, 6.07) is 3.87. The molecule has 0 saturated carbocycles. The van der Waals surface area contributed by atoms with E-state index in [1.165, 1.54) is 0 Å². The molecule has 1 aromatic carbocycles. The Hall–Kier alpha value is -1.58. The van der Waals surface area contributed by atoms with Crippen LogP contribution in [0.15, 0.2) is 12.1 Å². The number of rotatable bonds is 0. The molecule has 3 rings (SSSR count). The average molecular weight is 221 g/mol. The number of ether oxygens (including phenoxy) is 3. The minimum atomic E-state index is 0.506. The highest BCUT2D eigenvalue weighted by Crippen LogP contribution is 2.40. The summed E-state index contributed by atoms with van der Waals surface area (Å²) in [6.07, 6.45) is 0. The zero-order chi connectivity index (χ0) is 11.0. The Morgan fingerprint density at radius 3 is 2.62 bits per heavy atom. The summed E-state index contributed by atoms with van der Waals surface area (Å²) in [7, 11) is 0. The van der Waals surface area contributed by atoms with Crippen molar-refractivity contribution in [2.24, 2.45) is 5.92 Å². The van der Waals surface area contributed by atoms with E-state index in [1.807, 2.05) is 12.1 Å². The first-order chi connectivity index (χ1) is 7.83. The van der Waals surface area contributed by atoms with E-state index < -0.39 is 0 Å². The molecule has 0 fully saturated rings. The van der Waals surface area contributed by atoms with Gasteiger partial charge < -0.3 is 19.5 Å². The van der Waals surface area contributed by atoms with Crippen molar-refractivity contribution < 1.29 is 14.2 Å². The molecule has 4 nitrogen and oxygen atoms in total. The van der Waals surface area contributed by atoms with Gasteiger partial charge in [0.05, 0.1) is 12.3 Å².